The van der Waals surface area contributed by atoms with Crippen molar-refractivity contribution in [3.63, 3.8) is 0 Å². The van der Waals surface area contributed by atoms with E-state index in [1.807, 2.05) is 0 Å². The maximum atomic E-state index is 13.7. The Morgan fingerprint density at radius 1 is 1.06 bits per heavy atom. The molecule has 0 heterocycles. The molecule has 1 N–H and O–H groups in total. The third-order valence-electron chi connectivity index (χ3n) is 2.43. The molecule has 92 valence electrons. The van der Waals surface area contributed by atoms with Crippen molar-refractivity contribution < 1.29 is 18.7 Å². The van der Waals surface area contributed by atoms with Crippen LogP contribution in [0, 0.1) is 11.6 Å². The number of aromatic carboxylic acids is 1. The summed E-state index contributed by atoms with van der Waals surface area (Å²) < 4.78 is 27.5. The third-order valence-corrected chi connectivity index (χ3v) is 2.92. The molecule has 0 aliphatic heterocycles. The Kier molecular flexibility index (Phi) is 3.43. The van der Waals surface area contributed by atoms with Crippen LogP contribution in [-0.2, 0) is 0 Å². The second-order valence-electron chi connectivity index (χ2n) is 3.62. The lowest BCUT2D eigenvalue weighted by atomic mass is 9.99. The van der Waals surface area contributed by atoms with Crippen LogP contribution in [0.1, 0.15) is 10.4 Å². The van der Waals surface area contributed by atoms with Crippen molar-refractivity contribution >= 4 is 21.9 Å². The molecule has 0 saturated carbocycles. The Hall–Kier alpha value is -1.75. The van der Waals surface area contributed by atoms with Crippen LogP contribution in [0.5, 0.6) is 0 Å². The fraction of sp³-hybridized carbons (Fsp3) is 0. The largest absolute Gasteiger partial charge is 0.478 e. The first kappa shape index (κ1) is 12.7. The van der Waals surface area contributed by atoms with Gasteiger partial charge in [0.25, 0.3) is 0 Å². The van der Waals surface area contributed by atoms with Gasteiger partial charge in [-0.05, 0) is 36.4 Å². The molecule has 0 bridgehead atoms. The minimum Gasteiger partial charge on any atom is -0.478 e. The van der Waals surface area contributed by atoms with Crippen molar-refractivity contribution in [2.24, 2.45) is 0 Å². The molecule has 0 fully saturated rings. The fourth-order valence-corrected chi connectivity index (χ4v) is 1.99. The summed E-state index contributed by atoms with van der Waals surface area (Å²) in [5.41, 5.74) is -0.0871. The van der Waals surface area contributed by atoms with Crippen molar-refractivity contribution in [3.8, 4) is 11.1 Å². The fourth-order valence-electron chi connectivity index (χ4n) is 1.63. The van der Waals surface area contributed by atoms with Gasteiger partial charge in [0.15, 0.2) is 0 Å². The molecule has 0 radical (unpaired) electrons. The van der Waals surface area contributed by atoms with E-state index in [0.717, 1.165) is 18.2 Å². The van der Waals surface area contributed by atoms with E-state index >= 15 is 0 Å². The molecule has 0 unspecified atom stereocenters. The van der Waals surface area contributed by atoms with Crippen LogP contribution in [-0.4, -0.2) is 11.1 Å². The van der Waals surface area contributed by atoms with Gasteiger partial charge in [-0.1, -0.05) is 15.9 Å². The van der Waals surface area contributed by atoms with Gasteiger partial charge in [-0.15, -0.1) is 0 Å². The maximum Gasteiger partial charge on any atom is 0.336 e. The normalized spacial score (nSPS) is 10.4. The van der Waals surface area contributed by atoms with Crippen LogP contribution in [0.25, 0.3) is 11.1 Å². The van der Waals surface area contributed by atoms with E-state index in [2.05, 4.69) is 15.9 Å². The summed E-state index contributed by atoms with van der Waals surface area (Å²) in [7, 11) is 0. The summed E-state index contributed by atoms with van der Waals surface area (Å²) in [5, 5.41) is 9.02. The molecule has 0 aromatic heterocycles. The van der Waals surface area contributed by atoms with E-state index in [1.54, 1.807) is 0 Å². The molecule has 2 nitrogen and oxygen atoms in total. The summed E-state index contributed by atoms with van der Waals surface area (Å²) >= 11 is 3.17. The van der Waals surface area contributed by atoms with E-state index in [0.29, 0.717) is 4.47 Å². The highest BCUT2D eigenvalue weighted by atomic mass is 79.9. The molecule has 5 heteroatoms. The second kappa shape index (κ2) is 4.86. The van der Waals surface area contributed by atoms with Gasteiger partial charge in [0, 0.05) is 15.6 Å². The second-order valence-corrected chi connectivity index (χ2v) is 4.53. The molecule has 0 aliphatic carbocycles. The van der Waals surface area contributed by atoms with Gasteiger partial charge < -0.3 is 5.11 Å². The number of halogens is 3. The van der Waals surface area contributed by atoms with Crippen LogP contribution in [0.4, 0.5) is 8.78 Å². The van der Waals surface area contributed by atoms with Gasteiger partial charge in [0.2, 0.25) is 0 Å². The highest BCUT2D eigenvalue weighted by molar-refractivity contribution is 9.10. The molecule has 0 spiro atoms. The Morgan fingerprint density at radius 2 is 1.78 bits per heavy atom. The average molecular weight is 313 g/mol. The first-order valence-corrected chi connectivity index (χ1v) is 5.76. The topological polar surface area (TPSA) is 37.3 Å². The number of carboxylic acid groups (broad SMARTS) is 1. The lowest BCUT2D eigenvalue weighted by Gasteiger charge is -2.08. The first-order valence-electron chi connectivity index (χ1n) is 4.97. The lowest BCUT2D eigenvalue weighted by molar-refractivity contribution is 0.0697. The minimum absolute atomic E-state index is 0.0151. The molecule has 0 saturated heterocycles. The van der Waals surface area contributed by atoms with E-state index < -0.39 is 17.6 Å². The first-order chi connectivity index (χ1) is 8.49. The SMILES string of the molecule is O=C(O)c1ccc(F)cc1-c1cc(Br)ccc1F. The molecule has 18 heavy (non-hydrogen) atoms. The molecule has 2 aromatic carbocycles. The summed E-state index contributed by atoms with van der Waals surface area (Å²) in [6, 6.07) is 7.25. The van der Waals surface area contributed by atoms with Gasteiger partial charge in [-0.2, -0.15) is 0 Å². The van der Waals surface area contributed by atoms with E-state index in [9.17, 15) is 13.6 Å². The predicted octanol–water partition coefficient (Wildman–Crippen LogP) is 4.09. The molecule has 0 aliphatic rings. The molecular formula is C13H7BrF2O2. The Labute approximate surface area is 110 Å². The van der Waals surface area contributed by atoms with E-state index in [-0.39, 0.29) is 16.7 Å². The monoisotopic (exact) mass is 312 g/mol. The standard InChI is InChI=1S/C13H7BrF2O2/c14-7-1-4-12(16)11(5-7)10-6-8(15)2-3-9(10)13(17)18/h1-6H,(H,17,18). The van der Waals surface area contributed by atoms with Gasteiger partial charge in [-0.25, -0.2) is 13.6 Å². The Morgan fingerprint density at radius 3 is 2.44 bits per heavy atom. The molecule has 2 aromatic rings. The van der Waals surface area contributed by atoms with Crippen LogP contribution < -0.4 is 0 Å². The third kappa shape index (κ3) is 2.41. The zero-order chi connectivity index (χ0) is 13.3. The van der Waals surface area contributed by atoms with Crippen molar-refractivity contribution in [2.45, 2.75) is 0 Å². The lowest BCUT2D eigenvalue weighted by Crippen LogP contribution is -2.01. The zero-order valence-corrected chi connectivity index (χ0v) is 10.5. The summed E-state index contributed by atoms with van der Waals surface area (Å²) in [6.07, 6.45) is 0. The predicted molar refractivity (Wildman–Crippen MR) is 66.5 cm³/mol. The smallest absolute Gasteiger partial charge is 0.336 e. The molecule has 0 amide bonds. The van der Waals surface area contributed by atoms with Gasteiger partial charge in [0.1, 0.15) is 11.6 Å². The number of carboxylic acids is 1. The van der Waals surface area contributed by atoms with E-state index in [1.165, 1.54) is 18.2 Å². The van der Waals surface area contributed by atoms with Crippen LogP contribution >= 0.6 is 15.9 Å². The van der Waals surface area contributed by atoms with Crippen molar-refractivity contribution in [3.05, 3.63) is 58.1 Å². The molecule has 2 rings (SSSR count). The summed E-state index contributed by atoms with van der Waals surface area (Å²) in [5.74, 6) is -2.45. The van der Waals surface area contributed by atoms with Crippen LogP contribution in [0.3, 0.4) is 0 Å². The van der Waals surface area contributed by atoms with Gasteiger partial charge in [0.05, 0.1) is 5.56 Å². The number of carbonyl (C=O) groups is 1. The van der Waals surface area contributed by atoms with Crippen molar-refractivity contribution in [2.75, 3.05) is 0 Å². The Balaban J connectivity index is 2.73. The highest BCUT2D eigenvalue weighted by Crippen LogP contribution is 2.29. The maximum absolute atomic E-state index is 13.7. The summed E-state index contributed by atoms with van der Waals surface area (Å²) in [6.45, 7) is 0. The average Bonchev–Trinajstić information content (AvgIpc) is 2.31. The van der Waals surface area contributed by atoms with Crippen LogP contribution in [0.2, 0.25) is 0 Å². The number of hydrogen-bond donors (Lipinski definition) is 1. The van der Waals surface area contributed by atoms with Gasteiger partial charge in [-0.3, -0.25) is 0 Å². The van der Waals surface area contributed by atoms with Crippen molar-refractivity contribution in [1.82, 2.24) is 0 Å². The molecule has 0 atom stereocenters. The minimum atomic E-state index is -1.23. The Bertz CT molecular complexity index is 626. The number of rotatable bonds is 2. The zero-order valence-electron chi connectivity index (χ0n) is 8.95. The highest BCUT2D eigenvalue weighted by Gasteiger charge is 2.15. The van der Waals surface area contributed by atoms with Crippen molar-refractivity contribution in [1.29, 1.82) is 0 Å². The van der Waals surface area contributed by atoms with Crippen LogP contribution in [0.15, 0.2) is 40.9 Å². The number of benzene rings is 2. The van der Waals surface area contributed by atoms with E-state index in [4.69, 9.17) is 5.11 Å². The molecular weight excluding hydrogens is 306 g/mol. The number of hydrogen-bond acceptors (Lipinski definition) is 1. The quantitative estimate of drug-likeness (QED) is 0.906. The summed E-state index contributed by atoms with van der Waals surface area (Å²) in [4.78, 5) is 11.0. The van der Waals surface area contributed by atoms with Gasteiger partial charge >= 0.3 is 5.97 Å².